The fourth-order valence-corrected chi connectivity index (χ4v) is 8.73. The van der Waals surface area contributed by atoms with Crippen LogP contribution in [0, 0.1) is 0 Å². The van der Waals surface area contributed by atoms with Gasteiger partial charge in [-0.05, 0) is 95.5 Å². The number of nitrogens with zero attached hydrogens (tertiary/aromatic N) is 8. The van der Waals surface area contributed by atoms with Gasteiger partial charge < -0.3 is 44.4 Å². The number of aromatic nitrogens is 6. The first-order valence-corrected chi connectivity index (χ1v) is 24.6. The average Bonchev–Trinajstić information content (AvgIpc) is 3.24. The zero-order valence-electron chi connectivity index (χ0n) is 37.7. The molecular formula is C36H22Cl2N12Na4O15S4. The van der Waals surface area contributed by atoms with E-state index in [2.05, 4.69) is 56.4 Å². The Balaban J connectivity index is 0.00000352. The van der Waals surface area contributed by atoms with E-state index in [0.717, 1.165) is 30.3 Å². The minimum atomic E-state index is -5.50. The maximum absolute atomic E-state index is 14.3. The smallest absolute Gasteiger partial charge is 0.744 e. The van der Waals surface area contributed by atoms with Crippen molar-refractivity contribution in [2.24, 2.45) is 5.10 Å². The third-order valence-electron chi connectivity index (χ3n) is 9.10. The summed E-state index contributed by atoms with van der Waals surface area (Å²) in [6, 6.07) is 14.6. The number of rotatable bonds is 15. The van der Waals surface area contributed by atoms with E-state index in [4.69, 9.17) is 23.2 Å². The summed E-state index contributed by atoms with van der Waals surface area (Å²) in [6.07, 6.45) is 0.566. The number of hydrogen-bond acceptors (Lipinski definition) is 26. The molecular weight excluding hydrogens is 1130 g/mol. The normalized spacial score (nSPS) is 12.8. The van der Waals surface area contributed by atoms with E-state index in [-0.39, 0.29) is 136 Å². The van der Waals surface area contributed by atoms with Gasteiger partial charge in [0.05, 0.1) is 43.3 Å². The molecule has 0 atom stereocenters. The number of aromatic carboxylic acids is 1. The summed E-state index contributed by atoms with van der Waals surface area (Å²) in [6.45, 7) is 0. The third kappa shape index (κ3) is 15.6. The van der Waals surface area contributed by atoms with E-state index in [1.807, 2.05) is 0 Å². The van der Waals surface area contributed by atoms with Crippen molar-refractivity contribution in [1.29, 1.82) is 0 Å². The summed E-state index contributed by atoms with van der Waals surface area (Å²) >= 11 is 12.2. The number of benzene rings is 4. The number of fused-ring (bicyclic) bond motifs is 1. The predicted octanol–water partition coefficient (Wildman–Crippen LogP) is -9.65. The number of hydrogen-bond donors (Lipinski definition) is 5. The van der Waals surface area contributed by atoms with Gasteiger partial charge in [0.1, 0.15) is 35.3 Å². The van der Waals surface area contributed by atoms with Gasteiger partial charge in [0.2, 0.25) is 40.1 Å². The number of para-hydroxylation sites is 1. The van der Waals surface area contributed by atoms with Crippen molar-refractivity contribution >= 4 is 139 Å². The number of ketones is 1. The molecule has 0 fully saturated rings. The number of allylic oxidation sites excluding steroid dienone is 1. The summed E-state index contributed by atoms with van der Waals surface area (Å²) in [4.78, 5) is 47.2. The number of carbonyl (C=O) groups is 2. The minimum Gasteiger partial charge on any atom is -0.744 e. The van der Waals surface area contributed by atoms with Crippen molar-refractivity contribution in [3.05, 3.63) is 111 Å². The summed E-state index contributed by atoms with van der Waals surface area (Å²) < 4.78 is 144. The molecule has 0 spiro atoms. The molecule has 0 saturated carbocycles. The van der Waals surface area contributed by atoms with Crippen LogP contribution in [-0.4, -0.2) is 106 Å². The van der Waals surface area contributed by atoms with Crippen LogP contribution in [0.5, 0.6) is 0 Å². The van der Waals surface area contributed by atoms with Crippen molar-refractivity contribution in [3.63, 3.8) is 0 Å². The van der Waals surface area contributed by atoms with Crippen LogP contribution in [-0.2, 0) is 40.5 Å². The molecule has 0 aliphatic heterocycles. The van der Waals surface area contributed by atoms with Crippen molar-refractivity contribution in [3.8, 4) is 0 Å². The number of carboxylic acids is 1. The fourth-order valence-electron chi connectivity index (χ4n) is 6.12. The maximum Gasteiger partial charge on any atom is 1.00 e. The molecule has 0 radical (unpaired) electrons. The summed E-state index contributed by atoms with van der Waals surface area (Å²) in [5.41, 5.74) is -2.39. The molecule has 27 nitrogen and oxygen atoms in total. The molecule has 37 heteroatoms. The van der Waals surface area contributed by atoms with Crippen LogP contribution in [0.15, 0.2) is 104 Å². The van der Waals surface area contributed by atoms with Gasteiger partial charge in [-0.25, -0.2) is 25.3 Å². The molecule has 4 aromatic carbocycles. The van der Waals surface area contributed by atoms with Gasteiger partial charge in [0.25, 0.3) is 10.1 Å². The predicted molar refractivity (Wildman–Crippen MR) is 236 cm³/mol. The molecule has 358 valence electrons. The van der Waals surface area contributed by atoms with Crippen molar-refractivity contribution < 1.29 is 185 Å². The molecule has 0 saturated heterocycles. The van der Waals surface area contributed by atoms with Crippen molar-refractivity contribution in [2.45, 2.75) is 14.7 Å². The number of hydrazone groups is 1. The topological polar surface area (TPSA) is 424 Å². The van der Waals surface area contributed by atoms with Gasteiger partial charge in [-0.2, -0.15) is 43.4 Å². The van der Waals surface area contributed by atoms with Gasteiger partial charge >= 0.3 is 118 Å². The van der Waals surface area contributed by atoms with Crippen molar-refractivity contribution in [1.82, 2.24) is 29.9 Å². The Hall–Kier alpha value is -3.33. The van der Waals surface area contributed by atoms with Gasteiger partial charge in [0.15, 0.2) is 5.71 Å². The Morgan fingerprint density at radius 1 is 0.658 bits per heavy atom. The Morgan fingerprint density at radius 2 is 1.23 bits per heavy atom. The Kier molecular flexibility index (Phi) is 22.1. The van der Waals surface area contributed by atoms with Crippen LogP contribution < -0.4 is 150 Å². The number of carboxylic acid groups (broad SMARTS) is 1. The molecule has 7 rings (SSSR count). The number of anilines is 9. The molecule has 1 aliphatic rings. The van der Waals surface area contributed by atoms with E-state index < -0.39 is 134 Å². The first-order valence-electron chi connectivity index (χ1n) is 18.2. The van der Waals surface area contributed by atoms with E-state index in [9.17, 15) is 66.6 Å². The number of nitrogens with one attached hydrogen (secondary N) is 4. The standard InChI is InChI=1S/C36H26Cl2N12O15S4.4Na/c1-50(18-5-3-2-4-6-18)36-45-32(38)44-35(47-36)41-24-15-20(67(57,58)59)11-16-12-26(69(63,64)65)28(29(51)27(16)24)49-48-23-13-17(7-10-25(23)68(60,61)62)39-33-42-31(37)43-34(46-33)40-22-9-8-19(66(54,55)56)14-21(22)30(52)53;;;;/h2-15,48H,1H3,(H,52,53)(H,54,55,56)(H,57,58,59)(H,60,61,62)(H,63,64,65)(H,41,44,45,47)(H2,39,40,42,43,46);;;;/q;4*+1/p-4. The first-order chi connectivity index (χ1) is 32.1. The first kappa shape index (κ1) is 64.0. The number of Topliss-reactive ketones (excluding diaryl/α,β-unsaturated/α-hetero) is 1. The summed E-state index contributed by atoms with van der Waals surface area (Å²) in [7, 11) is -19.8. The molecule has 2 heterocycles. The molecule has 1 aliphatic carbocycles. The zero-order valence-corrected chi connectivity index (χ0v) is 50.5. The summed E-state index contributed by atoms with van der Waals surface area (Å²) in [5, 5.41) is 22.1. The maximum atomic E-state index is 14.3. The van der Waals surface area contributed by atoms with E-state index in [0.29, 0.717) is 30.0 Å². The molecule has 5 N–H and O–H groups in total. The van der Waals surface area contributed by atoms with Crippen LogP contribution in [0.2, 0.25) is 10.6 Å². The molecule has 0 unspecified atom stereocenters. The van der Waals surface area contributed by atoms with Crippen molar-refractivity contribution in [2.75, 3.05) is 33.3 Å². The molecule has 0 amide bonds. The average molecular weight is 1150 g/mol. The van der Waals surface area contributed by atoms with Crippen LogP contribution in [0.3, 0.4) is 0 Å². The zero-order chi connectivity index (χ0) is 50.4. The van der Waals surface area contributed by atoms with Crippen LogP contribution in [0.4, 0.5) is 52.2 Å². The van der Waals surface area contributed by atoms with Gasteiger partial charge in [0, 0.05) is 24.0 Å². The SMILES string of the molecule is CN(c1ccccc1)c1nc(Cl)nc(Nc2cc(S(=O)(=O)[O-])cc3c2C(=O)C(=NNc2cc(Nc4nc(Cl)nc(Nc5ccc(S(=O)(=O)[O-])cc5C(=O)[O-])n4)ccc2S(=O)(=O)[O-])C(S(=O)(=O)O)=C3)n1.[Na+].[Na+].[Na+].[Na+]. The Bertz CT molecular complexity index is 3710. The quantitative estimate of drug-likeness (QED) is 0.0362. The van der Waals surface area contributed by atoms with Gasteiger partial charge in [-0.1, -0.05) is 18.2 Å². The van der Waals surface area contributed by atoms with Gasteiger partial charge in [-0.15, -0.1) is 0 Å². The fraction of sp³-hybridized carbons (Fsp3) is 0.0278. The molecule has 73 heavy (non-hydrogen) atoms. The molecule has 6 aromatic rings. The van der Waals surface area contributed by atoms with Crippen LogP contribution in [0.1, 0.15) is 26.3 Å². The van der Waals surface area contributed by atoms with E-state index >= 15 is 0 Å². The van der Waals surface area contributed by atoms with E-state index in [1.165, 1.54) is 4.90 Å². The largest absolute Gasteiger partial charge is 1.00 e. The van der Waals surface area contributed by atoms with Crippen LogP contribution >= 0.6 is 23.2 Å². The second-order valence-electron chi connectivity index (χ2n) is 13.6. The summed E-state index contributed by atoms with van der Waals surface area (Å²) in [5.74, 6) is -4.80. The Morgan fingerprint density at radius 3 is 1.81 bits per heavy atom. The Labute approximate surface area is 511 Å². The number of carbonyl (C=O) groups excluding carboxylic acids is 2. The van der Waals surface area contributed by atoms with E-state index in [1.54, 1.807) is 37.4 Å². The molecule has 0 bridgehead atoms. The second kappa shape index (κ2) is 25.2. The van der Waals surface area contributed by atoms with Gasteiger partial charge in [-0.3, -0.25) is 14.8 Å². The minimum absolute atomic E-state index is 0. The second-order valence-corrected chi connectivity index (χ2v) is 19.8. The third-order valence-corrected chi connectivity index (χ3v) is 12.8. The van der Waals surface area contributed by atoms with Crippen LogP contribution in [0.25, 0.3) is 6.08 Å². The number of halogens is 2. The molecule has 2 aromatic heterocycles. The monoisotopic (exact) mass is 1150 g/mol.